The Labute approximate surface area is 164 Å². The molecule has 1 N–H and O–H groups in total. The Balaban J connectivity index is 1.94. The summed E-state index contributed by atoms with van der Waals surface area (Å²) in [6, 6.07) is 8.23. The minimum absolute atomic E-state index is 0.00803. The fourth-order valence-electron chi connectivity index (χ4n) is 3.67. The lowest BCUT2D eigenvalue weighted by Crippen LogP contribution is -2.39. The number of rotatable bonds is 8. The zero-order valence-electron chi connectivity index (χ0n) is 17.3. The number of carbonyl (C=O) groups is 2. The summed E-state index contributed by atoms with van der Waals surface area (Å²) in [5.41, 5.74) is 2.10. The normalized spacial score (nSPS) is 15.1. The molecule has 1 fully saturated rings. The number of nitrogens with one attached hydrogen (secondary N) is 1. The van der Waals surface area contributed by atoms with Crippen LogP contribution in [0.15, 0.2) is 24.3 Å². The van der Waals surface area contributed by atoms with Gasteiger partial charge in [-0.2, -0.15) is 0 Å². The minimum Gasteiger partial charge on any atom is -0.372 e. The van der Waals surface area contributed by atoms with Gasteiger partial charge in [-0.05, 0) is 55.9 Å². The van der Waals surface area contributed by atoms with Crippen LogP contribution in [0.2, 0.25) is 0 Å². The summed E-state index contributed by atoms with van der Waals surface area (Å²) in [4.78, 5) is 28.4. The van der Waals surface area contributed by atoms with Crippen LogP contribution in [0.1, 0.15) is 53.4 Å². The third kappa shape index (κ3) is 5.98. The van der Waals surface area contributed by atoms with Gasteiger partial charge in [-0.1, -0.05) is 20.8 Å². The molecule has 1 aromatic carbocycles. The van der Waals surface area contributed by atoms with Crippen LogP contribution in [0, 0.1) is 11.8 Å². The van der Waals surface area contributed by atoms with E-state index in [2.05, 4.69) is 29.3 Å². The van der Waals surface area contributed by atoms with Crippen molar-refractivity contribution in [3.05, 3.63) is 24.3 Å². The molecule has 2 rings (SSSR count). The molecule has 0 unspecified atom stereocenters. The first-order valence-electron chi connectivity index (χ1n) is 10.4. The summed E-state index contributed by atoms with van der Waals surface area (Å²) >= 11 is 0. The maximum Gasteiger partial charge on any atom is 0.223 e. The molecule has 1 aromatic rings. The summed E-state index contributed by atoms with van der Waals surface area (Å²) in [7, 11) is 0. The number of amides is 2. The van der Waals surface area contributed by atoms with Gasteiger partial charge in [0.05, 0.1) is 0 Å². The lowest BCUT2D eigenvalue weighted by molar-refractivity contribution is -0.125. The van der Waals surface area contributed by atoms with Gasteiger partial charge in [0.15, 0.2) is 0 Å². The molecular weight excluding hydrogens is 338 g/mol. The lowest BCUT2D eigenvalue weighted by Gasteiger charge is -2.32. The van der Waals surface area contributed by atoms with Crippen LogP contribution in [0.5, 0.6) is 0 Å². The monoisotopic (exact) mass is 373 g/mol. The van der Waals surface area contributed by atoms with E-state index in [1.165, 1.54) is 18.5 Å². The van der Waals surface area contributed by atoms with Crippen molar-refractivity contribution in [2.45, 2.75) is 53.4 Å². The largest absolute Gasteiger partial charge is 0.372 e. The summed E-state index contributed by atoms with van der Waals surface area (Å²) in [5.74, 6) is 0.941. The maximum atomic E-state index is 12.1. The zero-order valence-corrected chi connectivity index (χ0v) is 17.3. The molecule has 150 valence electrons. The van der Waals surface area contributed by atoms with Gasteiger partial charge in [-0.25, -0.2) is 0 Å². The molecule has 0 aromatic heterocycles. The first kappa shape index (κ1) is 21.3. The van der Waals surface area contributed by atoms with Gasteiger partial charge in [-0.15, -0.1) is 0 Å². The van der Waals surface area contributed by atoms with Gasteiger partial charge in [0.25, 0.3) is 0 Å². The van der Waals surface area contributed by atoms with Gasteiger partial charge in [0.1, 0.15) is 0 Å². The molecule has 1 aliphatic rings. The van der Waals surface area contributed by atoms with Gasteiger partial charge in [0, 0.05) is 50.4 Å². The van der Waals surface area contributed by atoms with E-state index in [0.29, 0.717) is 13.1 Å². The third-order valence-electron chi connectivity index (χ3n) is 5.68. The number of hydrogen-bond acceptors (Lipinski definition) is 3. The van der Waals surface area contributed by atoms with Crippen molar-refractivity contribution in [1.29, 1.82) is 0 Å². The summed E-state index contributed by atoms with van der Waals surface area (Å²) in [5, 5.41) is 2.97. The Morgan fingerprint density at radius 3 is 2.26 bits per heavy atom. The van der Waals surface area contributed by atoms with Gasteiger partial charge in [-0.3, -0.25) is 9.59 Å². The molecule has 5 heteroatoms. The molecule has 1 saturated heterocycles. The molecule has 0 aliphatic carbocycles. The zero-order chi connectivity index (χ0) is 19.8. The quantitative estimate of drug-likeness (QED) is 0.753. The smallest absolute Gasteiger partial charge is 0.223 e. The molecule has 27 heavy (non-hydrogen) atoms. The highest BCUT2D eigenvalue weighted by Gasteiger charge is 2.18. The standard InChI is InChI=1S/C22H35N3O2/c1-5-19(6-2)22(27)23-13-16-25(18(4)26)21-9-7-20(8-10-21)24-14-11-17(3)12-15-24/h7-10,17,19H,5-6,11-16H2,1-4H3,(H,23,27). The second kappa shape index (κ2) is 10.3. The van der Waals surface area contributed by atoms with Gasteiger partial charge < -0.3 is 15.1 Å². The van der Waals surface area contributed by atoms with Crippen molar-refractivity contribution >= 4 is 23.2 Å². The van der Waals surface area contributed by atoms with Crippen LogP contribution in [0.3, 0.4) is 0 Å². The summed E-state index contributed by atoms with van der Waals surface area (Å²) < 4.78 is 0. The highest BCUT2D eigenvalue weighted by Crippen LogP contribution is 2.25. The van der Waals surface area contributed by atoms with Crippen LogP contribution >= 0.6 is 0 Å². The maximum absolute atomic E-state index is 12.1. The van der Waals surface area contributed by atoms with E-state index >= 15 is 0 Å². The Bertz CT molecular complexity index is 602. The second-order valence-corrected chi connectivity index (χ2v) is 7.66. The molecule has 2 amide bonds. The number of carbonyl (C=O) groups excluding carboxylic acids is 2. The van der Waals surface area contributed by atoms with Crippen LogP contribution in [-0.2, 0) is 9.59 Å². The highest BCUT2D eigenvalue weighted by molar-refractivity contribution is 5.91. The first-order valence-corrected chi connectivity index (χ1v) is 10.4. The van der Waals surface area contributed by atoms with Crippen molar-refractivity contribution in [2.24, 2.45) is 11.8 Å². The molecule has 0 bridgehead atoms. The average Bonchev–Trinajstić information content (AvgIpc) is 2.67. The number of hydrogen-bond donors (Lipinski definition) is 1. The Morgan fingerprint density at radius 2 is 1.74 bits per heavy atom. The molecule has 5 nitrogen and oxygen atoms in total. The number of piperidine rings is 1. The number of anilines is 2. The van der Waals surface area contributed by atoms with Crippen LogP contribution in [0.25, 0.3) is 0 Å². The minimum atomic E-state index is -0.00803. The third-order valence-corrected chi connectivity index (χ3v) is 5.68. The molecule has 1 heterocycles. The van der Waals surface area contributed by atoms with E-state index in [0.717, 1.165) is 37.5 Å². The predicted molar refractivity (Wildman–Crippen MR) is 112 cm³/mol. The van der Waals surface area contributed by atoms with Crippen LogP contribution in [-0.4, -0.2) is 38.0 Å². The van der Waals surface area contributed by atoms with Crippen molar-refractivity contribution < 1.29 is 9.59 Å². The highest BCUT2D eigenvalue weighted by atomic mass is 16.2. The second-order valence-electron chi connectivity index (χ2n) is 7.66. The molecule has 0 spiro atoms. The SMILES string of the molecule is CCC(CC)C(=O)NCCN(C(C)=O)c1ccc(N2CCC(C)CC2)cc1. The van der Waals surface area contributed by atoms with Crippen molar-refractivity contribution in [3.8, 4) is 0 Å². The van der Waals surface area contributed by atoms with Crippen molar-refractivity contribution in [3.63, 3.8) is 0 Å². The van der Waals surface area contributed by atoms with E-state index in [9.17, 15) is 9.59 Å². The molecular formula is C22H35N3O2. The first-order chi connectivity index (χ1) is 13.0. The number of nitrogens with zero attached hydrogens (tertiary/aromatic N) is 2. The Kier molecular flexibility index (Phi) is 8.14. The summed E-state index contributed by atoms with van der Waals surface area (Å²) in [6.07, 6.45) is 4.15. The van der Waals surface area contributed by atoms with Gasteiger partial charge in [0.2, 0.25) is 11.8 Å². The Hall–Kier alpha value is -2.04. The molecule has 1 aliphatic heterocycles. The van der Waals surface area contributed by atoms with Crippen LogP contribution in [0.4, 0.5) is 11.4 Å². The van der Waals surface area contributed by atoms with Crippen LogP contribution < -0.4 is 15.1 Å². The van der Waals surface area contributed by atoms with E-state index in [1.807, 2.05) is 26.0 Å². The molecule has 0 radical (unpaired) electrons. The molecule has 0 atom stereocenters. The fourth-order valence-corrected chi connectivity index (χ4v) is 3.67. The Morgan fingerprint density at radius 1 is 1.15 bits per heavy atom. The topological polar surface area (TPSA) is 52.7 Å². The predicted octanol–water partition coefficient (Wildman–Crippen LogP) is 3.83. The molecule has 0 saturated carbocycles. The van der Waals surface area contributed by atoms with E-state index in [4.69, 9.17) is 0 Å². The van der Waals surface area contributed by atoms with Crippen molar-refractivity contribution in [1.82, 2.24) is 5.32 Å². The van der Waals surface area contributed by atoms with E-state index < -0.39 is 0 Å². The van der Waals surface area contributed by atoms with E-state index in [-0.39, 0.29) is 17.7 Å². The van der Waals surface area contributed by atoms with Gasteiger partial charge >= 0.3 is 0 Å². The average molecular weight is 374 g/mol. The number of benzene rings is 1. The fraction of sp³-hybridized carbons (Fsp3) is 0.636. The summed E-state index contributed by atoms with van der Waals surface area (Å²) in [6.45, 7) is 11.1. The van der Waals surface area contributed by atoms with Crippen molar-refractivity contribution in [2.75, 3.05) is 36.0 Å². The van der Waals surface area contributed by atoms with E-state index in [1.54, 1.807) is 11.8 Å². The lowest BCUT2D eigenvalue weighted by atomic mass is 9.99.